The van der Waals surface area contributed by atoms with Crippen LogP contribution in [0.5, 0.6) is 17.2 Å². The van der Waals surface area contributed by atoms with E-state index in [4.69, 9.17) is 19.3 Å². The highest BCUT2D eigenvalue weighted by atomic mass is 16.6. The number of nitrogens with zero attached hydrogens (tertiary/aromatic N) is 2. The summed E-state index contributed by atoms with van der Waals surface area (Å²) in [6, 6.07) is 23.1. The number of nitrogens with one attached hydrogen (secondary N) is 1. The average molecular weight is 470 g/mol. The first kappa shape index (κ1) is 22.5. The Kier molecular flexibility index (Phi) is 6.39. The Morgan fingerprint density at radius 3 is 2.57 bits per heavy atom. The zero-order valence-corrected chi connectivity index (χ0v) is 19.7. The van der Waals surface area contributed by atoms with E-state index in [0.29, 0.717) is 42.5 Å². The molecule has 1 amide bonds. The largest absolute Gasteiger partial charge is 0.496 e. The van der Waals surface area contributed by atoms with Crippen LogP contribution in [0, 0.1) is 0 Å². The Morgan fingerprint density at radius 1 is 1.03 bits per heavy atom. The number of amides is 1. The highest BCUT2D eigenvalue weighted by molar-refractivity contribution is 6.00. The second kappa shape index (κ2) is 9.93. The molecular weight excluding hydrogens is 442 g/mol. The van der Waals surface area contributed by atoms with E-state index in [9.17, 15) is 4.79 Å². The molecule has 0 fully saturated rings. The molecule has 4 aromatic rings. The third-order valence-corrected chi connectivity index (χ3v) is 5.97. The van der Waals surface area contributed by atoms with Crippen LogP contribution in [0.25, 0.3) is 11.3 Å². The van der Waals surface area contributed by atoms with Gasteiger partial charge in [-0.2, -0.15) is 5.10 Å². The summed E-state index contributed by atoms with van der Waals surface area (Å²) in [5.74, 6) is 1.86. The van der Waals surface area contributed by atoms with Gasteiger partial charge in [0.2, 0.25) is 0 Å². The van der Waals surface area contributed by atoms with Gasteiger partial charge in [0.05, 0.1) is 25.3 Å². The Labute approximate surface area is 204 Å². The molecule has 0 unspecified atom stereocenters. The van der Waals surface area contributed by atoms with Crippen LogP contribution in [0.4, 0.5) is 0 Å². The van der Waals surface area contributed by atoms with Gasteiger partial charge in [-0.1, -0.05) is 48.5 Å². The van der Waals surface area contributed by atoms with Gasteiger partial charge in [0.1, 0.15) is 24.7 Å². The lowest BCUT2D eigenvalue weighted by Crippen LogP contribution is -2.27. The fourth-order valence-electron chi connectivity index (χ4n) is 4.17. The summed E-state index contributed by atoms with van der Waals surface area (Å²) in [6.45, 7) is 3.55. The number of rotatable bonds is 7. The van der Waals surface area contributed by atoms with Gasteiger partial charge in [-0.3, -0.25) is 9.48 Å². The lowest BCUT2D eigenvalue weighted by Gasteiger charge is -2.21. The van der Waals surface area contributed by atoms with Crippen molar-refractivity contribution in [3.8, 4) is 28.5 Å². The van der Waals surface area contributed by atoms with Gasteiger partial charge in [0.15, 0.2) is 11.5 Å². The summed E-state index contributed by atoms with van der Waals surface area (Å²) >= 11 is 0. The zero-order valence-electron chi connectivity index (χ0n) is 19.7. The molecule has 0 saturated heterocycles. The number of carbonyl (C=O) groups is 1. The fourth-order valence-corrected chi connectivity index (χ4v) is 4.17. The first-order valence-electron chi connectivity index (χ1n) is 11.6. The molecule has 0 spiro atoms. The smallest absolute Gasteiger partial charge is 0.255 e. The minimum absolute atomic E-state index is 0.215. The summed E-state index contributed by atoms with van der Waals surface area (Å²) in [5, 5.41) is 7.90. The van der Waals surface area contributed by atoms with E-state index in [-0.39, 0.29) is 11.9 Å². The van der Waals surface area contributed by atoms with Gasteiger partial charge >= 0.3 is 0 Å². The van der Waals surface area contributed by atoms with Crippen molar-refractivity contribution in [2.75, 3.05) is 20.3 Å². The Morgan fingerprint density at radius 2 is 1.77 bits per heavy atom. The van der Waals surface area contributed by atoms with E-state index in [1.165, 1.54) is 0 Å². The third kappa shape index (κ3) is 4.84. The molecule has 2 heterocycles. The molecule has 0 aliphatic carbocycles. The molecule has 35 heavy (non-hydrogen) atoms. The number of methoxy groups -OCH3 is 1. The van der Waals surface area contributed by atoms with Gasteiger partial charge in [0.25, 0.3) is 5.91 Å². The second-order valence-corrected chi connectivity index (χ2v) is 8.37. The van der Waals surface area contributed by atoms with E-state index >= 15 is 0 Å². The maximum Gasteiger partial charge on any atom is 0.255 e. The average Bonchev–Trinajstić information content (AvgIpc) is 3.32. The third-order valence-electron chi connectivity index (χ3n) is 5.97. The molecule has 1 aliphatic rings. The van der Waals surface area contributed by atoms with Crippen molar-refractivity contribution in [1.29, 1.82) is 0 Å². The number of hydrogen-bond acceptors (Lipinski definition) is 5. The van der Waals surface area contributed by atoms with Crippen molar-refractivity contribution in [3.63, 3.8) is 0 Å². The van der Waals surface area contributed by atoms with Crippen molar-refractivity contribution in [2.24, 2.45) is 0 Å². The molecule has 7 heteroatoms. The molecule has 5 rings (SSSR count). The van der Waals surface area contributed by atoms with Crippen molar-refractivity contribution in [2.45, 2.75) is 19.5 Å². The van der Waals surface area contributed by atoms with Crippen LogP contribution >= 0.6 is 0 Å². The lowest BCUT2D eigenvalue weighted by atomic mass is 10.0. The van der Waals surface area contributed by atoms with Crippen molar-refractivity contribution in [1.82, 2.24) is 15.1 Å². The minimum atomic E-state index is -0.249. The van der Waals surface area contributed by atoms with E-state index < -0.39 is 0 Å². The van der Waals surface area contributed by atoms with E-state index in [0.717, 1.165) is 22.4 Å². The van der Waals surface area contributed by atoms with Crippen molar-refractivity contribution < 1.29 is 19.0 Å². The number of hydrogen-bond donors (Lipinski definition) is 1. The summed E-state index contributed by atoms with van der Waals surface area (Å²) in [5.41, 5.74) is 3.84. The molecule has 7 nitrogen and oxygen atoms in total. The van der Waals surface area contributed by atoms with Crippen molar-refractivity contribution in [3.05, 3.63) is 95.7 Å². The molecule has 0 bridgehead atoms. The van der Waals surface area contributed by atoms with Crippen LogP contribution in [0.2, 0.25) is 0 Å². The van der Waals surface area contributed by atoms with Crippen LogP contribution in [0.1, 0.15) is 34.5 Å². The van der Waals surface area contributed by atoms with Gasteiger partial charge in [-0.15, -0.1) is 0 Å². The van der Waals surface area contributed by atoms with Crippen LogP contribution in [0.3, 0.4) is 0 Å². The fraction of sp³-hybridized carbons (Fsp3) is 0.214. The number of fused-ring (bicyclic) bond motifs is 1. The van der Waals surface area contributed by atoms with E-state index in [2.05, 4.69) is 5.32 Å². The van der Waals surface area contributed by atoms with Gasteiger partial charge in [-0.25, -0.2) is 0 Å². The summed E-state index contributed by atoms with van der Waals surface area (Å²) in [7, 11) is 1.61. The Bertz CT molecular complexity index is 1330. The molecule has 1 atom stereocenters. The molecule has 1 aromatic heterocycles. The Balaban J connectivity index is 1.45. The van der Waals surface area contributed by atoms with Gasteiger partial charge < -0.3 is 19.5 Å². The molecule has 0 radical (unpaired) electrons. The lowest BCUT2D eigenvalue weighted by molar-refractivity contribution is 0.0940. The second-order valence-electron chi connectivity index (χ2n) is 8.37. The molecule has 0 saturated carbocycles. The molecule has 1 aliphatic heterocycles. The minimum Gasteiger partial charge on any atom is -0.496 e. The monoisotopic (exact) mass is 469 g/mol. The predicted octanol–water partition coefficient (Wildman–Crippen LogP) is 4.87. The zero-order chi connectivity index (χ0) is 24.2. The summed E-state index contributed by atoms with van der Waals surface area (Å²) < 4.78 is 18.7. The molecule has 3 aromatic carbocycles. The van der Waals surface area contributed by atoms with Gasteiger partial charge in [0, 0.05) is 11.8 Å². The van der Waals surface area contributed by atoms with Crippen LogP contribution in [-0.2, 0) is 6.54 Å². The molecule has 1 N–H and O–H groups in total. The SMILES string of the molecule is COc1ccccc1-c1nn(Cc2ccccc2)cc1C(=O)N[C@H](C)c1ccc2c(c1)OCCO2. The highest BCUT2D eigenvalue weighted by Gasteiger charge is 2.23. The number of carbonyl (C=O) groups excluding carboxylic acids is 1. The Hall–Kier alpha value is -4.26. The first-order chi connectivity index (χ1) is 17.1. The van der Waals surface area contributed by atoms with E-state index in [1.54, 1.807) is 18.0 Å². The van der Waals surface area contributed by atoms with Crippen LogP contribution in [0.15, 0.2) is 79.0 Å². The first-order valence-corrected chi connectivity index (χ1v) is 11.6. The van der Waals surface area contributed by atoms with Crippen LogP contribution in [-0.4, -0.2) is 36.0 Å². The number of para-hydroxylation sites is 1. The topological polar surface area (TPSA) is 74.6 Å². The quantitative estimate of drug-likeness (QED) is 0.418. The molecular formula is C28H27N3O4. The normalized spacial score (nSPS) is 13.2. The van der Waals surface area contributed by atoms with Gasteiger partial charge in [-0.05, 0) is 42.3 Å². The number of ether oxygens (including phenoxy) is 3. The number of benzene rings is 3. The standard InChI is InChI=1S/C28H27N3O4/c1-19(21-12-13-25-26(16-21)35-15-14-34-25)29-28(32)23-18-31(17-20-8-4-3-5-9-20)30-27(23)22-10-6-7-11-24(22)33-2/h3-13,16,18-19H,14-15,17H2,1-2H3,(H,29,32)/t19-/m1/s1. The number of aromatic nitrogens is 2. The molecule has 178 valence electrons. The van der Waals surface area contributed by atoms with E-state index in [1.807, 2.05) is 79.7 Å². The summed E-state index contributed by atoms with van der Waals surface area (Å²) in [6.07, 6.45) is 1.79. The predicted molar refractivity (Wildman–Crippen MR) is 133 cm³/mol. The maximum atomic E-state index is 13.5. The summed E-state index contributed by atoms with van der Waals surface area (Å²) in [4.78, 5) is 13.5. The maximum absolute atomic E-state index is 13.5. The highest BCUT2D eigenvalue weighted by Crippen LogP contribution is 2.34. The van der Waals surface area contributed by atoms with Crippen molar-refractivity contribution >= 4 is 5.91 Å². The van der Waals surface area contributed by atoms with Crippen LogP contribution < -0.4 is 19.5 Å².